The second kappa shape index (κ2) is 9.70. The largest absolute Gasteiger partial charge is 0.452 e. The van der Waals surface area contributed by atoms with Gasteiger partial charge in [-0.15, -0.1) is 0 Å². The minimum Gasteiger partial charge on any atom is -0.452 e. The van der Waals surface area contributed by atoms with Gasteiger partial charge in [-0.05, 0) is 61.2 Å². The molecule has 1 aliphatic rings. The first-order chi connectivity index (χ1) is 16.3. The number of carbonyl (C=O) groups is 4. The van der Waals surface area contributed by atoms with Gasteiger partial charge in [-0.2, -0.15) is 0 Å². The van der Waals surface area contributed by atoms with Crippen LogP contribution in [0.2, 0.25) is 0 Å². The fourth-order valence-corrected chi connectivity index (χ4v) is 3.80. The molecule has 0 aromatic heterocycles. The van der Waals surface area contributed by atoms with Gasteiger partial charge in [0.1, 0.15) is 0 Å². The molecule has 0 bridgehead atoms. The van der Waals surface area contributed by atoms with Gasteiger partial charge in [0, 0.05) is 6.54 Å². The maximum absolute atomic E-state index is 13.0. The van der Waals surface area contributed by atoms with E-state index < -0.39 is 30.3 Å². The Morgan fingerprint density at radius 3 is 2.38 bits per heavy atom. The van der Waals surface area contributed by atoms with E-state index in [1.165, 1.54) is 18.2 Å². The molecule has 0 aliphatic carbocycles. The number of nitrogens with zero attached hydrogens (tertiary/aromatic N) is 1. The van der Waals surface area contributed by atoms with Crippen LogP contribution >= 0.6 is 0 Å². The Labute approximate surface area is 197 Å². The molecule has 0 fully saturated rings. The van der Waals surface area contributed by atoms with E-state index in [1.54, 1.807) is 6.07 Å². The number of rotatable bonds is 7. The third kappa shape index (κ3) is 4.73. The first kappa shape index (κ1) is 22.9. The Morgan fingerprint density at radius 2 is 1.62 bits per heavy atom. The summed E-state index contributed by atoms with van der Waals surface area (Å²) in [6, 6.07) is 19.4. The molecule has 4 rings (SSSR count). The fraction of sp³-hybridized carbons (Fsp3) is 0.185. The number of amides is 3. The van der Waals surface area contributed by atoms with Gasteiger partial charge in [0.2, 0.25) is 0 Å². The molecule has 172 valence electrons. The number of hydrogen-bond acceptors (Lipinski definition) is 5. The van der Waals surface area contributed by atoms with Gasteiger partial charge >= 0.3 is 5.97 Å². The van der Waals surface area contributed by atoms with E-state index in [0.717, 1.165) is 21.6 Å². The molecule has 3 aromatic carbocycles. The number of nitrogens with one attached hydrogen (secondary N) is 1. The average Bonchev–Trinajstić information content (AvgIpc) is 3.09. The van der Waals surface area contributed by atoms with Gasteiger partial charge in [0.15, 0.2) is 6.61 Å². The van der Waals surface area contributed by atoms with Crippen molar-refractivity contribution in [1.82, 2.24) is 5.32 Å². The molecule has 1 aliphatic heterocycles. The third-order valence-corrected chi connectivity index (χ3v) is 5.64. The summed E-state index contributed by atoms with van der Waals surface area (Å²) >= 11 is 0. The van der Waals surface area contributed by atoms with Crippen molar-refractivity contribution in [3.05, 3.63) is 100 Å². The van der Waals surface area contributed by atoms with E-state index in [-0.39, 0.29) is 16.7 Å². The molecule has 1 heterocycles. The van der Waals surface area contributed by atoms with Gasteiger partial charge in [0.05, 0.1) is 22.4 Å². The molecular formula is C27H24N2O5. The summed E-state index contributed by atoms with van der Waals surface area (Å²) in [5.41, 5.74) is 3.77. The van der Waals surface area contributed by atoms with Gasteiger partial charge in [-0.25, -0.2) is 9.69 Å². The van der Waals surface area contributed by atoms with E-state index in [0.29, 0.717) is 18.7 Å². The Morgan fingerprint density at radius 1 is 0.882 bits per heavy atom. The Hall–Kier alpha value is -4.26. The zero-order chi connectivity index (χ0) is 24.2. The molecule has 7 nitrogen and oxygen atoms in total. The number of hydrogen-bond donors (Lipinski definition) is 1. The maximum atomic E-state index is 13.0. The summed E-state index contributed by atoms with van der Waals surface area (Å²) < 4.78 is 5.10. The van der Waals surface area contributed by atoms with Crippen LogP contribution < -0.4 is 10.2 Å². The summed E-state index contributed by atoms with van der Waals surface area (Å²) in [7, 11) is 0. The zero-order valence-corrected chi connectivity index (χ0v) is 19.0. The van der Waals surface area contributed by atoms with Crippen LogP contribution in [0.4, 0.5) is 5.69 Å². The van der Waals surface area contributed by atoms with Crippen molar-refractivity contribution in [1.29, 1.82) is 0 Å². The highest BCUT2D eigenvalue weighted by atomic mass is 16.5. The predicted octanol–water partition coefficient (Wildman–Crippen LogP) is 3.62. The van der Waals surface area contributed by atoms with E-state index in [2.05, 4.69) is 5.32 Å². The van der Waals surface area contributed by atoms with Crippen LogP contribution in [0.5, 0.6) is 0 Å². The predicted molar refractivity (Wildman–Crippen MR) is 127 cm³/mol. The van der Waals surface area contributed by atoms with Gasteiger partial charge in [0.25, 0.3) is 17.7 Å². The van der Waals surface area contributed by atoms with Crippen LogP contribution in [-0.4, -0.2) is 36.8 Å². The first-order valence-corrected chi connectivity index (χ1v) is 10.9. The first-order valence-electron chi connectivity index (χ1n) is 10.9. The summed E-state index contributed by atoms with van der Waals surface area (Å²) in [5, 5.41) is 2.70. The minimum atomic E-state index is -0.744. The normalized spacial score (nSPS) is 12.5. The molecule has 0 unspecified atom stereocenters. The van der Waals surface area contributed by atoms with Gasteiger partial charge < -0.3 is 10.1 Å². The number of benzene rings is 3. The van der Waals surface area contributed by atoms with E-state index in [4.69, 9.17) is 4.74 Å². The smallest absolute Gasteiger partial charge is 0.338 e. The van der Waals surface area contributed by atoms with Gasteiger partial charge in [-0.3, -0.25) is 14.4 Å². The van der Waals surface area contributed by atoms with Crippen LogP contribution in [0.1, 0.15) is 47.8 Å². The number of ether oxygens (including phenoxy) is 1. The number of aryl methyl sites for hydroxylation is 2. The van der Waals surface area contributed by atoms with E-state index >= 15 is 0 Å². The lowest BCUT2D eigenvalue weighted by Gasteiger charge is -2.17. The molecule has 7 heteroatoms. The summed E-state index contributed by atoms with van der Waals surface area (Å²) in [4.78, 5) is 51.6. The molecule has 34 heavy (non-hydrogen) atoms. The molecule has 0 spiro atoms. The maximum Gasteiger partial charge on any atom is 0.338 e. The standard InChI is InChI=1S/C27H24N2O5/c1-17-8-9-18(2)23(14-17)29-25(31)21-11-10-20(15-22(21)26(29)32)27(33)34-16-24(30)28-13-12-19-6-4-3-5-7-19/h3-11,14-15H,12-13,16H2,1-2H3,(H,28,30). The highest BCUT2D eigenvalue weighted by Gasteiger charge is 2.38. The molecule has 1 N–H and O–H groups in total. The van der Waals surface area contributed by atoms with Crippen LogP contribution in [-0.2, 0) is 16.0 Å². The third-order valence-electron chi connectivity index (χ3n) is 5.64. The molecule has 3 aromatic rings. The molecule has 0 saturated carbocycles. The van der Waals surface area contributed by atoms with Crippen molar-refractivity contribution in [2.75, 3.05) is 18.1 Å². The Balaban J connectivity index is 1.39. The number of fused-ring (bicyclic) bond motifs is 1. The van der Waals surface area contributed by atoms with Crippen molar-refractivity contribution in [2.45, 2.75) is 20.3 Å². The molecule has 0 saturated heterocycles. The summed E-state index contributed by atoms with van der Waals surface area (Å²) in [5.74, 6) is -2.10. The van der Waals surface area contributed by atoms with Crippen LogP contribution in [0, 0.1) is 13.8 Å². The monoisotopic (exact) mass is 456 g/mol. The summed E-state index contributed by atoms with van der Waals surface area (Å²) in [6.45, 7) is 3.69. The highest BCUT2D eigenvalue weighted by molar-refractivity contribution is 6.35. The lowest BCUT2D eigenvalue weighted by atomic mass is 10.1. The van der Waals surface area contributed by atoms with Crippen molar-refractivity contribution < 1.29 is 23.9 Å². The quantitative estimate of drug-likeness (QED) is 0.433. The highest BCUT2D eigenvalue weighted by Crippen LogP contribution is 2.31. The van der Waals surface area contributed by atoms with E-state index in [1.807, 2.05) is 56.3 Å². The zero-order valence-electron chi connectivity index (χ0n) is 19.0. The number of imide groups is 1. The summed E-state index contributed by atoms with van der Waals surface area (Å²) in [6.07, 6.45) is 0.665. The second-order valence-electron chi connectivity index (χ2n) is 8.16. The molecular weight excluding hydrogens is 432 g/mol. The number of carbonyl (C=O) groups excluding carboxylic acids is 4. The van der Waals surface area contributed by atoms with Crippen LogP contribution in [0.15, 0.2) is 66.7 Å². The number of esters is 1. The number of anilines is 1. The van der Waals surface area contributed by atoms with Crippen molar-refractivity contribution >= 4 is 29.4 Å². The lowest BCUT2D eigenvalue weighted by Crippen LogP contribution is -2.30. The Kier molecular flexibility index (Phi) is 6.54. The van der Waals surface area contributed by atoms with Crippen LogP contribution in [0.25, 0.3) is 0 Å². The van der Waals surface area contributed by atoms with Crippen molar-refractivity contribution in [3.63, 3.8) is 0 Å². The second-order valence-corrected chi connectivity index (χ2v) is 8.16. The Bertz CT molecular complexity index is 1280. The van der Waals surface area contributed by atoms with Crippen molar-refractivity contribution in [3.8, 4) is 0 Å². The van der Waals surface area contributed by atoms with E-state index in [9.17, 15) is 19.2 Å². The van der Waals surface area contributed by atoms with Crippen molar-refractivity contribution in [2.24, 2.45) is 0 Å². The fourth-order valence-electron chi connectivity index (χ4n) is 3.80. The molecule has 0 radical (unpaired) electrons. The minimum absolute atomic E-state index is 0.0970. The SMILES string of the molecule is Cc1ccc(C)c(N2C(=O)c3ccc(C(=O)OCC(=O)NCCc4ccccc4)cc3C2=O)c1. The molecule has 0 atom stereocenters. The van der Waals surface area contributed by atoms with Crippen LogP contribution in [0.3, 0.4) is 0 Å². The van der Waals surface area contributed by atoms with Gasteiger partial charge in [-0.1, -0.05) is 42.5 Å². The lowest BCUT2D eigenvalue weighted by molar-refractivity contribution is -0.124. The molecule has 3 amide bonds. The average molecular weight is 456 g/mol. The topological polar surface area (TPSA) is 92.8 Å².